The summed E-state index contributed by atoms with van der Waals surface area (Å²) >= 11 is 6.88. The van der Waals surface area contributed by atoms with Gasteiger partial charge in [-0.2, -0.15) is 0 Å². The summed E-state index contributed by atoms with van der Waals surface area (Å²) in [4.78, 5) is 19.7. The molecule has 0 aliphatic carbocycles. The van der Waals surface area contributed by atoms with Gasteiger partial charge in [0.1, 0.15) is 0 Å². The zero-order valence-electron chi connectivity index (χ0n) is 11.3. The van der Waals surface area contributed by atoms with Crippen molar-refractivity contribution in [2.75, 3.05) is 11.9 Å². The summed E-state index contributed by atoms with van der Waals surface area (Å²) in [5.74, 6) is 0.0408. The number of hydrogen-bond acceptors (Lipinski definition) is 5. The van der Waals surface area contributed by atoms with Crippen LogP contribution in [0.3, 0.4) is 0 Å². The van der Waals surface area contributed by atoms with Crippen LogP contribution in [-0.2, 0) is 11.3 Å². The maximum Gasteiger partial charge on any atom is 0.341 e. The molecule has 0 radical (unpaired) electrons. The van der Waals surface area contributed by atoms with Gasteiger partial charge in [0.15, 0.2) is 0 Å². The summed E-state index contributed by atoms with van der Waals surface area (Å²) in [6.07, 6.45) is 2.90. The highest BCUT2D eigenvalue weighted by Gasteiger charge is 2.07. The van der Waals surface area contributed by atoms with Gasteiger partial charge in [-0.15, -0.1) is 0 Å². The summed E-state index contributed by atoms with van der Waals surface area (Å²) < 4.78 is 6.86. The number of benzene rings is 1. The van der Waals surface area contributed by atoms with Gasteiger partial charge in [0.2, 0.25) is 5.95 Å². The van der Waals surface area contributed by atoms with Crippen molar-refractivity contribution in [3.05, 3.63) is 50.7 Å². The van der Waals surface area contributed by atoms with Crippen LogP contribution in [0.1, 0.15) is 22.8 Å². The number of nitrogens with one attached hydrogen (secondary N) is 1. The van der Waals surface area contributed by atoms with E-state index < -0.39 is 5.97 Å². The zero-order chi connectivity index (χ0) is 15.2. The van der Waals surface area contributed by atoms with Gasteiger partial charge >= 0.3 is 5.97 Å². The lowest BCUT2D eigenvalue weighted by Gasteiger charge is -2.07. The smallest absolute Gasteiger partial charge is 0.341 e. The summed E-state index contributed by atoms with van der Waals surface area (Å²) in [5, 5.41) is 3.10. The van der Waals surface area contributed by atoms with E-state index in [0.717, 1.165) is 14.5 Å². The monoisotopic (exact) mass is 413 g/mol. The van der Waals surface area contributed by atoms with E-state index in [1.807, 2.05) is 18.2 Å². The molecule has 7 heteroatoms. The van der Waals surface area contributed by atoms with Crippen LogP contribution in [0, 0.1) is 0 Å². The Bertz CT molecular complexity index is 612. The van der Waals surface area contributed by atoms with Gasteiger partial charge in [0.05, 0.1) is 12.2 Å². The van der Waals surface area contributed by atoms with Gasteiger partial charge in [-0.05, 0) is 30.7 Å². The third-order valence-electron chi connectivity index (χ3n) is 2.54. The molecule has 1 aromatic heterocycles. The van der Waals surface area contributed by atoms with E-state index in [9.17, 15) is 4.79 Å². The van der Waals surface area contributed by atoms with E-state index in [2.05, 4.69) is 47.1 Å². The molecule has 1 heterocycles. The Hall–Kier alpha value is -1.47. The zero-order valence-corrected chi connectivity index (χ0v) is 14.4. The van der Waals surface area contributed by atoms with Crippen molar-refractivity contribution >= 4 is 43.8 Å². The highest BCUT2D eigenvalue weighted by atomic mass is 79.9. The second-order valence-corrected chi connectivity index (χ2v) is 5.98. The number of aromatic nitrogens is 2. The van der Waals surface area contributed by atoms with Crippen molar-refractivity contribution in [1.29, 1.82) is 0 Å². The van der Waals surface area contributed by atoms with E-state index in [1.54, 1.807) is 6.92 Å². The summed E-state index contributed by atoms with van der Waals surface area (Å²) in [6, 6.07) is 5.98. The number of rotatable bonds is 5. The molecule has 0 saturated heterocycles. The normalized spacial score (nSPS) is 10.2. The maximum absolute atomic E-state index is 11.5. The second-order valence-electron chi connectivity index (χ2n) is 4.15. The van der Waals surface area contributed by atoms with Gasteiger partial charge in [0, 0.05) is 27.9 Å². The van der Waals surface area contributed by atoms with Crippen LogP contribution in [0.15, 0.2) is 39.5 Å². The summed E-state index contributed by atoms with van der Waals surface area (Å²) in [6.45, 7) is 2.66. The fourth-order valence-electron chi connectivity index (χ4n) is 1.63. The number of anilines is 1. The van der Waals surface area contributed by atoms with E-state index in [1.165, 1.54) is 12.4 Å². The van der Waals surface area contributed by atoms with Crippen LogP contribution in [0.2, 0.25) is 0 Å². The van der Waals surface area contributed by atoms with Crippen molar-refractivity contribution in [3.8, 4) is 0 Å². The molecule has 0 unspecified atom stereocenters. The molecule has 0 spiro atoms. The third-order valence-corrected chi connectivity index (χ3v) is 3.45. The molecular weight excluding hydrogens is 402 g/mol. The van der Waals surface area contributed by atoms with Crippen molar-refractivity contribution < 1.29 is 9.53 Å². The Morgan fingerprint density at radius 3 is 2.38 bits per heavy atom. The molecule has 0 aliphatic rings. The lowest BCUT2D eigenvalue weighted by atomic mass is 10.2. The SMILES string of the molecule is CCOC(=O)c1cnc(NCc2cc(Br)cc(Br)c2)nc1. The molecule has 2 rings (SSSR count). The van der Waals surface area contributed by atoms with Crippen LogP contribution in [0.5, 0.6) is 0 Å². The predicted molar refractivity (Wildman–Crippen MR) is 87.2 cm³/mol. The first-order chi connectivity index (χ1) is 10.1. The minimum atomic E-state index is -0.417. The molecule has 0 fully saturated rings. The molecule has 21 heavy (non-hydrogen) atoms. The van der Waals surface area contributed by atoms with Crippen LogP contribution in [-0.4, -0.2) is 22.5 Å². The number of nitrogens with zero attached hydrogens (tertiary/aromatic N) is 2. The minimum Gasteiger partial charge on any atom is -0.462 e. The largest absolute Gasteiger partial charge is 0.462 e. The van der Waals surface area contributed by atoms with Crippen LogP contribution in [0.4, 0.5) is 5.95 Å². The molecule has 5 nitrogen and oxygen atoms in total. The average molecular weight is 415 g/mol. The van der Waals surface area contributed by atoms with E-state index in [0.29, 0.717) is 24.7 Å². The Labute approximate surface area is 139 Å². The topological polar surface area (TPSA) is 64.1 Å². The molecule has 0 bridgehead atoms. The number of halogens is 2. The number of carbonyl (C=O) groups excluding carboxylic acids is 1. The standard InChI is InChI=1S/C14H13Br2N3O2/c1-2-21-13(20)10-7-18-14(19-8-10)17-6-9-3-11(15)5-12(16)4-9/h3-5,7-8H,2,6H2,1H3,(H,17,18,19). The quantitative estimate of drug-likeness (QED) is 0.754. The highest BCUT2D eigenvalue weighted by Crippen LogP contribution is 2.20. The molecule has 2 aromatic rings. The van der Waals surface area contributed by atoms with Gasteiger partial charge in [-0.1, -0.05) is 31.9 Å². The van der Waals surface area contributed by atoms with E-state index in [4.69, 9.17) is 4.74 Å². The van der Waals surface area contributed by atoms with Crippen molar-refractivity contribution in [2.45, 2.75) is 13.5 Å². The summed E-state index contributed by atoms with van der Waals surface area (Å²) in [5.41, 5.74) is 1.42. The van der Waals surface area contributed by atoms with Gasteiger partial charge < -0.3 is 10.1 Å². The van der Waals surface area contributed by atoms with Crippen molar-refractivity contribution in [3.63, 3.8) is 0 Å². The highest BCUT2D eigenvalue weighted by molar-refractivity contribution is 9.11. The van der Waals surface area contributed by atoms with Crippen molar-refractivity contribution in [2.24, 2.45) is 0 Å². The van der Waals surface area contributed by atoms with E-state index in [-0.39, 0.29) is 0 Å². The van der Waals surface area contributed by atoms with Crippen LogP contribution >= 0.6 is 31.9 Å². The maximum atomic E-state index is 11.5. The molecule has 0 amide bonds. The van der Waals surface area contributed by atoms with Crippen LogP contribution in [0.25, 0.3) is 0 Å². The number of esters is 1. The number of hydrogen-bond donors (Lipinski definition) is 1. The molecular formula is C14H13Br2N3O2. The Balaban J connectivity index is 1.99. The minimum absolute atomic E-state index is 0.330. The predicted octanol–water partition coefficient (Wildman–Crippen LogP) is 3.79. The molecule has 110 valence electrons. The van der Waals surface area contributed by atoms with Crippen molar-refractivity contribution in [1.82, 2.24) is 9.97 Å². The lowest BCUT2D eigenvalue weighted by Crippen LogP contribution is -2.08. The van der Waals surface area contributed by atoms with Gasteiger partial charge in [0.25, 0.3) is 0 Å². The molecule has 0 saturated carbocycles. The third kappa shape index (κ3) is 4.78. The first-order valence-electron chi connectivity index (χ1n) is 6.26. The molecule has 0 atom stereocenters. The Morgan fingerprint density at radius 2 is 1.81 bits per heavy atom. The Morgan fingerprint density at radius 1 is 1.19 bits per heavy atom. The van der Waals surface area contributed by atoms with Gasteiger partial charge in [-0.3, -0.25) is 0 Å². The first-order valence-corrected chi connectivity index (χ1v) is 7.85. The second kappa shape index (κ2) is 7.51. The Kier molecular flexibility index (Phi) is 5.69. The van der Waals surface area contributed by atoms with E-state index >= 15 is 0 Å². The summed E-state index contributed by atoms with van der Waals surface area (Å²) in [7, 11) is 0. The fraction of sp³-hybridized carbons (Fsp3) is 0.214. The van der Waals surface area contributed by atoms with Crippen LogP contribution < -0.4 is 5.32 Å². The molecule has 1 aromatic carbocycles. The lowest BCUT2D eigenvalue weighted by molar-refractivity contribution is 0.0525. The first kappa shape index (κ1) is 15.9. The van der Waals surface area contributed by atoms with Gasteiger partial charge in [-0.25, -0.2) is 14.8 Å². The number of ether oxygens (including phenoxy) is 1. The number of carbonyl (C=O) groups is 1. The molecule has 0 aliphatic heterocycles. The average Bonchev–Trinajstić information content (AvgIpc) is 2.45. The fourth-order valence-corrected chi connectivity index (χ4v) is 3.02. The molecule has 1 N–H and O–H groups in total.